The second-order valence-corrected chi connectivity index (χ2v) is 15.0. The summed E-state index contributed by atoms with van der Waals surface area (Å²) < 4.78 is 18.9. The summed E-state index contributed by atoms with van der Waals surface area (Å²) in [6, 6.07) is 2.63. The second-order valence-electron chi connectivity index (χ2n) is 15.0. The number of aromatic nitrogens is 3. The van der Waals surface area contributed by atoms with Gasteiger partial charge in [0.05, 0.1) is 19.3 Å². The Bertz CT molecular complexity index is 1390. The van der Waals surface area contributed by atoms with Crippen LogP contribution < -0.4 is 10.2 Å². The Morgan fingerprint density at radius 2 is 1.75 bits per heavy atom. The number of hydrogen-bond acceptors (Lipinski definition) is 9. The van der Waals surface area contributed by atoms with Gasteiger partial charge in [-0.3, -0.25) is 0 Å². The molecule has 2 amide bonds. The molecular weight excluding hydrogens is 562 g/mol. The van der Waals surface area contributed by atoms with Gasteiger partial charge in [0.25, 0.3) is 0 Å². The molecule has 7 rings (SSSR count). The Labute approximate surface area is 259 Å². The summed E-state index contributed by atoms with van der Waals surface area (Å²) in [5.74, 6) is 2.28. The molecule has 5 aliphatic heterocycles. The Balaban J connectivity index is 1.01. The van der Waals surface area contributed by atoms with Crippen LogP contribution in [0.25, 0.3) is 5.65 Å². The lowest BCUT2D eigenvalue weighted by molar-refractivity contribution is -0.0485. The molecule has 12 nitrogen and oxygen atoms in total. The lowest BCUT2D eigenvalue weighted by Gasteiger charge is -2.52. The van der Waals surface area contributed by atoms with E-state index in [1.807, 2.05) is 36.4 Å². The number of nitrogens with one attached hydrogen (secondary N) is 1. The van der Waals surface area contributed by atoms with Gasteiger partial charge in [0.1, 0.15) is 23.3 Å². The first-order valence-electron chi connectivity index (χ1n) is 16.4. The number of rotatable bonds is 5. The number of ether oxygens (including phenoxy) is 3. The third kappa shape index (κ3) is 5.54. The smallest absolute Gasteiger partial charge is 0.410 e. The summed E-state index contributed by atoms with van der Waals surface area (Å²) in [4.78, 5) is 36.6. The average molecular weight is 610 g/mol. The first-order valence-corrected chi connectivity index (χ1v) is 16.4. The summed E-state index contributed by atoms with van der Waals surface area (Å²) in [6.07, 6.45) is 6.93. The van der Waals surface area contributed by atoms with Crippen molar-refractivity contribution in [2.75, 3.05) is 49.6 Å². The van der Waals surface area contributed by atoms with E-state index < -0.39 is 5.60 Å². The van der Waals surface area contributed by atoms with Crippen LogP contribution in [0.3, 0.4) is 0 Å². The summed E-state index contributed by atoms with van der Waals surface area (Å²) >= 11 is 0. The van der Waals surface area contributed by atoms with Crippen LogP contribution in [-0.2, 0) is 14.2 Å². The van der Waals surface area contributed by atoms with Crippen molar-refractivity contribution in [2.24, 2.45) is 5.41 Å². The van der Waals surface area contributed by atoms with Gasteiger partial charge in [-0.15, -0.1) is 0 Å². The molecule has 12 heteroatoms. The minimum absolute atomic E-state index is 0.130. The predicted octanol–water partition coefficient (Wildman–Crippen LogP) is 4.63. The predicted molar refractivity (Wildman–Crippen MR) is 165 cm³/mol. The van der Waals surface area contributed by atoms with Gasteiger partial charge < -0.3 is 34.2 Å². The number of nitrogens with zero attached hydrogens (tertiary/aromatic N) is 6. The Kier molecular flexibility index (Phi) is 7.33. The van der Waals surface area contributed by atoms with Crippen LogP contribution in [0.15, 0.2) is 12.3 Å². The Morgan fingerprint density at radius 1 is 1.07 bits per heavy atom. The van der Waals surface area contributed by atoms with E-state index in [1.165, 1.54) is 0 Å². The highest BCUT2D eigenvalue weighted by Crippen LogP contribution is 2.43. The first kappa shape index (κ1) is 29.4. The highest BCUT2D eigenvalue weighted by atomic mass is 16.6. The van der Waals surface area contributed by atoms with Crippen molar-refractivity contribution in [1.29, 1.82) is 0 Å². The van der Waals surface area contributed by atoms with Crippen LogP contribution in [0.4, 0.5) is 21.2 Å². The van der Waals surface area contributed by atoms with E-state index in [4.69, 9.17) is 24.3 Å². The van der Waals surface area contributed by atoms with Crippen molar-refractivity contribution in [3.05, 3.63) is 17.8 Å². The molecule has 0 aliphatic carbocycles. The zero-order valence-electron chi connectivity index (χ0n) is 26.8. The number of carbonyl (C=O) groups is 2. The van der Waals surface area contributed by atoms with Gasteiger partial charge in [-0.1, -0.05) is 13.8 Å². The SMILES string of the molecule is CC(C)c1cnn2c(NC3CC4CCC(C3)N4C(=O)OC3CN(C(=O)OC(C)(C)C)C3)cc(N3CC4(CCOCC4)C3)nc12. The summed E-state index contributed by atoms with van der Waals surface area (Å²) in [6.45, 7) is 14.4. The first-order chi connectivity index (χ1) is 21.0. The van der Waals surface area contributed by atoms with Gasteiger partial charge in [0, 0.05) is 61.5 Å². The van der Waals surface area contributed by atoms with Crippen molar-refractivity contribution in [1.82, 2.24) is 24.4 Å². The normalized spacial score (nSPS) is 26.6. The van der Waals surface area contributed by atoms with E-state index in [-0.39, 0.29) is 36.4 Å². The molecule has 2 atom stereocenters. The molecule has 2 unspecified atom stereocenters. The lowest BCUT2D eigenvalue weighted by Crippen LogP contribution is -2.59. The van der Waals surface area contributed by atoms with Gasteiger partial charge in [-0.25, -0.2) is 14.6 Å². The summed E-state index contributed by atoms with van der Waals surface area (Å²) in [5, 5.41) is 8.58. The molecule has 1 N–H and O–H groups in total. The molecule has 5 saturated heterocycles. The third-order valence-electron chi connectivity index (χ3n) is 10.1. The number of piperidine rings is 1. The molecule has 0 saturated carbocycles. The van der Waals surface area contributed by atoms with E-state index >= 15 is 0 Å². The maximum atomic E-state index is 13.3. The molecule has 0 aromatic carbocycles. The third-order valence-corrected chi connectivity index (χ3v) is 10.1. The average Bonchev–Trinajstić information content (AvgIpc) is 3.47. The standard InChI is InChI=1S/C32H47N7O5/c1-20(2)25-15-33-39-27(14-26(35-28(25)39)37-18-32(19-37)8-10-42-11-9-32)34-21-12-22-6-7-23(13-21)38(22)30(41)43-24-16-36(17-24)29(40)44-31(3,4)5/h14-15,20-24,34H,6-13,16-19H2,1-5H3. The highest BCUT2D eigenvalue weighted by Gasteiger charge is 2.47. The van der Waals surface area contributed by atoms with E-state index in [1.54, 1.807) is 4.90 Å². The maximum absolute atomic E-state index is 13.3. The van der Waals surface area contributed by atoms with E-state index in [9.17, 15) is 9.59 Å². The molecule has 0 radical (unpaired) electrons. The number of amides is 2. The largest absolute Gasteiger partial charge is 0.444 e. The molecule has 240 valence electrons. The zero-order chi connectivity index (χ0) is 30.8. The molecule has 2 aromatic heterocycles. The maximum Gasteiger partial charge on any atom is 0.410 e. The highest BCUT2D eigenvalue weighted by molar-refractivity contribution is 5.72. The van der Waals surface area contributed by atoms with Crippen LogP contribution in [0.2, 0.25) is 0 Å². The van der Waals surface area contributed by atoms with Crippen LogP contribution in [-0.4, -0.2) is 106 Å². The van der Waals surface area contributed by atoms with E-state index in [0.717, 1.165) is 87.7 Å². The fourth-order valence-corrected chi connectivity index (χ4v) is 7.68. The minimum atomic E-state index is -0.545. The minimum Gasteiger partial charge on any atom is -0.444 e. The van der Waals surface area contributed by atoms with Crippen molar-refractivity contribution in [3.8, 4) is 0 Å². The fraction of sp³-hybridized carbons (Fsp3) is 0.750. The van der Waals surface area contributed by atoms with Crippen LogP contribution in [0.5, 0.6) is 0 Å². The molecular formula is C32H47N7O5. The van der Waals surface area contributed by atoms with Crippen molar-refractivity contribution in [2.45, 2.75) is 109 Å². The van der Waals surface area contributed by atoms with Crippen LogP contribution in [0, 0.1) is 5.41 Å². The molecule has 1 spiro atoms. The van der Waals surface area contributed by atoms with Gasteiger partial charge in [-0.2, -0.15) is 9.61 Å². The van der Waals surface area contributed by atoms with Crippen LogP contribution >= 0.6 is 0 Å². The summed E-state index contributed by atoms with van der Waals surface area (Å²) in [7, 11) is 0. The van der Waals surface area contributed by atoms with Crippen molar-refractivity contribution in [3.63, 3.8) is 0 Å². The van der Waals surface area contributed by atoms with Gasteiger partial charge >= 0.3 is 12.2 Å². The molecule has 5 aliphatic rings. The topological polar surface area (TPSA) is 114 Å². The molecule has 5 fully saturated rings. The fourth-order valence-electron chi connectivity index (χ4n) is 7.68. The van der Waals surface area contributed by atoms with Gasteiger partial charge in [0.2, 0.25) is 0 Å². The number of hydrogen-bond donors (Lipinski definition) is 1. The zero-order valence-corrected chi connectivity index (χ0v) is 26.8. The van der Waals surface area contributed by atoms with Crippen LogP contribution in [0.1, 0.15) is 84.6 Å². The van der Waals surface area contributed by atoms with Gasteiger partial charge in [-0.05, 0) is 65.2 Å². The van der Waals surface area contributed by atoms with Gasteiger partial charge in [0.15, 0.2) is 5.65 Å². The van der Waals surface area contributed by atoms with E-state index in [2.05, 4.69) is 30.1 Å². The quantitative estimate of drug-likeness (QED) is 0.518. The van der Waals surface area contributed by atoms with E-state index in [0.29, 0.717) is 24.4 Å². The number of likely N-dealkylation sites (tertiary alicyclic amines) is 1. The molecule has 44 heavy (non-hydrogen) atoms. The lowest BCUT2D eigenvalue weighted by atomic mass is 9.73. The Morgan fingerprint density at radius 3 is 2.39 bits per heavy atom. The monoisotopic (exact) mass is 609 g/mol. The summed E-state index contributed by atoms with van der Waals surface area (Å²) in [5.41, 5.74) is 1.87. The Hall–Kier alpha value is -3.28. The number of anilines is 2. The van der Waals surface area contributed by atoms with Crippen molar-refractivity contribution >= 4 is 29.5 Å². The molecule has 7 heterocycles. The molecule has 2 aromatic rings. The second kappa shape index (κ2) is 11.0. The number of carbonyl (C=O) groups excluding carboxylic acids is 2. The number of fused-ring (bicyclic) bond motifs is 3. The molecule has 2 bridgehead atoms. The van der Waals surface area contributed by atoms with Crippen molar-refractivity contribution < 1.29 is 23.8 Å².